The SMILES string of the molecule is Clc1ccc(OCCCCN2CCN(c3nc4ccccc4s3)CC2)cc1. The molecule has 0 radical (unpaired) electrons. The molecule has 2 heterocycles. The van der Waals surface area contributed by atoms with Gasteiger partial charge in [-0.3, -0.25) is 4.90 Å². The molecule has 0 saturated carbocycles. The first-order valence-electron chi connectivity index (χ1n) is 9.49. The largest absolute Gasteiger partial charge is 0.494 e. The number of unbranched alkanes of at least 4 members (excludes halogenated alkanes) is 1. The molecule has 1 fully saturated rings. The first-order valence-corrected chi connectivity index (χ1v) is 10.7. The molecule has 0 N–H and O–H groups in total. The summed E-state index contributed by atoms with van der Waals surface area (Å²) in [6, 6.07) is 16.0. The van der Waals surface area contributed by atoms with Gasteiger partial charge in [0.1, 0.15) is 5.75 Å². The van der Waals surface area contributed by atoms with Gasteiger partial charge in [-0.2, -0.15) is 0 Å². The van der Waals surface area contributed by atoms with Gasteiger partial charge in [-0.05, 0) is 55.8 Å². The van der Waals surface area contributed by atoms with Crippen molar-refractivity contribution in [3.05, 3.63) is 53.6 Å². The Morgan fingerprint density at radius 2 is 1.74 bits per heavy atom. The van der Waals surface area contributed by atoms with Crippen molar-refractivity contribution in [1.29, 1.82) is 0 Å². The van der Waals surface area contributed by atoms with Crippen molar-refractivity contribution < 1.29 is 4.74 Å². The van der Waals surface area contributed by atoms with Gasteiger partial charge in [0.15, 0.2) is 5.13 Å². The van der Waals surface area contributed by atoms with Gasteiger partial charge in [-0.1, -0.05) is 35.1 Å². The van der Waals surface area contributed by atoms with E-state index < -0.39 is 0 Å². The normalized spacial score (nSPS) is 15.4. The molecule has 1 aliphatic rings. The lowest BCUT2D eigenvalue weighted by molar-refractivity contribution is 0.238. The number of hydrogen-bond donors (Lipinski definition) is 0. The molecule has 3 aromatic rings. The third kappa shape index (κ3) is 4.92. The van der Waals surface area contributed by atoms with Crippen molar-refractivity contribution >= 4 is 38.3 Å². The number of halogens is 1. The van der Waals surface area contributed by atoms with Gasteiger partial charge in [-0.15, -0.1) is 0 Å². The predicted octanol–water partition coefficient (Wildman–Crippen LogP) is 4.93. The van der Waals surface area contributed by atoms with E-state index in [1.165, 1.54) is 4.70 Å². The molecule has 0 spiro atoms. The second-order valence-corrected chi connectivity index (χ2v) is 8.25. The van der Waals surface area contributed by atoms with Crippen molar-refractivity contribution in [3.63, 3.8) is 0 Å². The topological polar surface area (TPSA) is 28.6 Å². The molecule has 0 amide bonds. The van der Waals surface area contributed by atoms with Crippen LogP contribution in [0.25, 0.3) is 10.2 Å². The van der Waals surface area contributed by atoms with E-state index in [9.17, 15) is 0 Å². The molecule has 2 aromatic carbocycles. The Morgan fingerprint density at radius 1 is 0.963 bits per heavy atom. The van der Waals surface area contributed by atoms with E-state index in [2.05, 4.69) is 34.1 Å². The van der Waals surface area contributed by atoms with Crippen molar-refractivity contribution in [2.75, 3.05) is 44.2 Å². The summed E-state index contributed by atoms with van der Waals surface area (Å²) in [7, 11) is 0. The fourth-order valence-corrected chi connectivity index (χ4v) is 4.46. The molecule has 1 saturated heterocycles. The number of thiazole rings is 1. The Balaban J connectivity index is 1.16. The molecule has 0 bridgehead atoms. The van der Waals surface area contributed by atoms with Gasteiger partial charge >= 0.3 is 0 Å². The number of hydrogen-bond acceptors (Lipinski definition) is 5. The zero-order chi connectivity index (χ0) is 18.5. The summed E-state index contributed by atoms with van der Waals surface area (Å²) in [5.74, 6) is 0.892. The minimum absolute atomic E-state index is 0.743. The monoisotopic (exact) mass is 401 g/mol. The Hall–Kier alpha value is -1.82. The first kappa shape index (κ1) is 18.5. The Kier molecular flexibility index (Phi) is 6.12. The molecule has 0 atom stereocenters. The molecule has 4 rings (SSSR count). The highest BCUT2D eigenvalue weighted by Gasteiger charge is 2.19. The summed E-state index contributed by atoms with van der Waals surface area (Å²) in [6.45, 7) is 6.22. The number of para-hydroxylation sites is 1. The molecule has 6 heteroatoms. The standard InChI is InChI=1S/C21H24ClN3OS/c22-17-7-9-18(10-8-17)26-16-4-3-11-24-12-14-25(15-13-24)21-23-19-5-1-2-6-20(19)27-21/h1-2,5-10H,3-4,11-16H2. The van der Waals surface area contributed by atoms with E-state index in [0.29, 0.717) is 0 Å². The molecule has 1 aliphatic heterocycles. The molecule has 0 unspecified atom stereocenters. The van der Waals surface area contributed by atoms with Crippen LogP contribution in [0.5, 0.6) is 5.75 Å². The van der Waals surface area contributed by atoms with E-state index in [-0.39, 0.29) is 0 Å². The van der Waals surface area contributed by atoms with Gasteiger partial charge in [0.25, 0.3) is 0 Å². The van der Waals surface area contributed by atoms with E-state index in [0.717, 1.165) is 73.6 Å². The number of anilines is 1. The molecular formula is C21H24ClN3OS. The van der Waals surface area contributed by atoms with Crippen LogP contribution in [0, 0.1) is 0 Å². The van der Waals surface area contributed by atoms with Crippen molar-refractivity contribution in [3.8, 4) is 5.75 Å². The number of fused-ring (bicyclic) bond motifs is 1. The van der Waals surface area contributed by atoms with Gasteiger partial charge in [-0.25, -0.2) is 4.98 Å². The highest BCUT2D eigenvalue weighted by molar-refractivity contribution is 7.22. The molecular weight excluding hydrogens is 378 g/mol. The van der Waals surface area contributed by atoms with Crippen LogP contribution in [-0.2, 0) is 0 Å². The zero-order valence-electron chi connectivity index (χ0n) is 15.3. The minimum Gasteiger partial charge on any atom is -0.494 e. The number of aromatic nitrogens is 1. The van der Waals surface area contributed by atoms with E-state index in [4.69, 9.17) is 21.3 Å². The summed E-state index contributed by atoms with van der Waals surface area (Å²) in [4.78, 5) is 9.75. The highest BCUT2D eigenvalue weighted by Crippen LogP contribution is 2.29. The molecule has 1 aromatic heterocycles. The van der Waals surface area contributed by atoms with Crippen molar-refractivity contribution in [2.45, 2.75) is 12.8 Å². The van der Waals surface area contributed by atoms with Crippen molar-refractivity contribution in [2.24, 2.45) is 0 Å². The minimum atomic E-state index is 0.743. The number of nitrogens with zero attached hydrogens (tertiary/aromatic N) is 3. The smallest absolute Gasteiger partial charge is 0.186 e. The summed E-state index contributed by atoms with van der Waals surface area (Å²) < 4.78 is 7.04. The molecule has 4 nitrogen and oxygen atoms in total. The molecule has 142 valence electrons. The summed E-state index contributed by atoms with van der Waals surface area (Å²) in [5, 5.41) is 1.90. The van der Waals surface area contributed by atoms with Crippen LogP contribution in [0.4, 0.5) is 5.13 Å². The van der Waals surface area contributed by atoms with Crippen LogP contribution in [0.1, 0.15) is 12.8 Å². The second kappa shape index (κ2) is 8.91. The lowest BCUT2D eigenvalue weighted by atomic mass is 10.2. The van der Waals surface area contributed by atoms with E-state index in [1.807, 2.05) is 24.3 Å². The first-order chi connectivity index (χ1) is 13.3. The fraction of sp³-hybridized carbons (Fsp3) is 0.381. The second-order valence-electron chi connectivity index (χ2n) is 6.80. The summed E-state index contributed by atoms with van der Waals surface area (Å²) in [6.07, 6.45) is 2.23. The Labute approximate surface area is 169 Å². The number of benzene rings is 2. The quantitative estimate of drug-likeness (QED) is 0.525. The zero-order valence-corrected chi connectivity index (χ0v) is 16.9. The summed E-state index contributed by atoms with van der Waals surface area (Å²) >= 11 is 7.68. The third-order valence-electron chi connectivity index (χ3n) is 4.88. The van der Waals surface area contributed by atoms with Gasteiger partial charge in [0, 0.05) is 31.2 Å². The molecule has 0 aliphatic carbocycles. The number of ether oxygens (including phenoxy) is 1. The van der Waals surface area contributed by atoms with Crippen LogP contribution < -0.4 is 9.64 Å². The van der Waals surface area contributed by atoms with Crippen LogP contribution in [-0.4, -0.2) is 49.2 Å². The van der Waals surface area contributed by atoms with E-state index >= 15 is 0 Å². The lowest BCUT2D eigenvalue weighted by Crippen LogP contribution is -2.46. The third-order valence-corrected chi connectivity index (χ3v) is 6.23. The van der Waals surface area contributed by atoms with Crippen LogP contribution in [0.3, 0.4) is 0 Å². The number of rotatable bonds is 7. The van der Waals surface area contributed by atoms with Crippen LogP contribution in [0.15, 0.2) is 48.5 Å². The van der Waals surface area contributed by atoms with E-state index in [1.54, 1.807) is 11.3 Å². The lowest BCUT2D eigenvalue weighted by Gasteiger charge is -2.34. The van der Waals surface area contributed by atoms with Crippen LogP contribution in [0.2, 0.25) is 5.02 Å². The fourth-order valence-electron chi connectivity index (χ4n) is 3.32. The van der Waals surface area contributed by atoms with Crippen molar-refractivity contribution in [1.82, 2.24) is 9.88 Å². The van der Waals surface area contributed by atoms with Gasteiger partial charge < -0.3 is 9.64 Å². The predicted molar refractivity (Wildman–Crippen MR) is 114 cm³/mol. The Morgan fingerprint density at radius 3 is 2.52 bits per heavy atom. The summed E-state index contributed by atoms with van der Waals surface area (Å²) in [5.41, 5.74) is 1.11. The maximum Gasteiger partial charge on any atom is 0.186 e. The number of piperazine rings is 1. The maximum atomic E-state index is 5.88. The molecule has 27 heavy (non-hydrogen) atoms. The Bertz CT molecular complexity index is 826. The van der Waals surface area contributed by atoms with Gasteiger partial charge in [0.05, 0.1) is 16.8 Å². The van der Waals surface area contributed by atoms with Gasteiger partial charge in [0.2, 0.25) is 0 Å². The van der Waals surface area contributed by atoms with Crippen LogP contribution >= 0.6 is 22.9 Å². The maximum absolute atomic E-state index is 5.88. The highest BCUT2D eigenvalue weighted by atomic mass is 35.5. The average molecular weight is 402 g/mol. The average Bonchev–Trinajstić information content (AvgIpc) is 3.14.